The Hall–Kier alpha value is -1.66. The van der Waals surface area contributed by atoms with Crippen LogP contribution < -0.4 is 10.5 Å². The number of amidine groups is 1. The van der Waals surface area contributed by atoms with E-state index >= 15 is 0 Å². The molecule has 0 unspecified atom stereocenters. The van der Waals surface area contributed by atoms with E-state index in [0.717, 1.165) is 6.42 Å². The van der Waals surface area contributed by atoms with Gasteiger partial charge in [-0.3, -0.25) is 5.41 Å². The van der Waals surface area contributed by atoms with Gasteiger partial charge in [-0.15, -0.1) is 0 Å². The number of pyridine rings is 1. The quantitative estimate of drug-likeness (QED) is 0.386. The maximum Gasteiger partial charge on any atom is 0.213 e. The topological polar surface area (TPSA) is 90.5 Å². The highest BCUT2D eigenvalue weighted by Crippen LogP contribution is 2.06. The first-order valence-electron chi connectivity index (χ1n) is 5.74. The Bertz CT molecular complexity index is 354. The molecular weight excluding hydrogens is 234 g/mol. The van der Waals surface area contributed by atoms with Gasteiger partial charge in [-0.2, -0.15) is 0 Å². The summed E-state index contributed by atoms with van der Waals surface area (Å²) < 4.78 is 15.6. The minimum atomic E-state index is -0.00414. The highest BCUT2D eigenvalue weighted by atomic mass is 16.5. The van der Waals surface area contributed by atoms with Gasteiger partial charge in [-0.25, -0.2) is 4.98 Å². The Labute approximate surface area is 107 Å². The van der Waals surface area contributed by atoms with Crippen molar-refractivity contribution in [1.29, 1.82) is 5.41 Å². The standard InChI is InChI=1S/C12H19N3O3/c1-16-5-2-6-17-7-8-18-11-4-3-10(9-15-11)12(13)14/h3-4,9H,2,5-8H2,1H3,(H3,13,14). The summed E-state index contributed by atoms with van der Waals surface area (Å²) in [7, 11) is 1.67. The van der Waals surface area contributed by atoms with E-state index in [2.05, 4.69) is 4.98 Å². The number of rotatable bonds is 9. The minimum absolute atomic E-state index is 0.00414. The van der Waals surface area contributed by atoms with Crippen LogP contribution in [0.3, 0.4) is 0 Å². The molecule has 0 aliphatic rings. The van der Waals surface area contributed by atoms with Crippen molar-refractivity contribution in [2.75, 3.05) is 33.5 Å². The number of nitrogen functional groups attached to an aromatic ring is 1. The van der Waals surface area contributed by atoms with Gasteiger partial charge in [0.1, 0.15) is 12.4 Å². The van der Waals surface area contributed by atoms with Crippen LogP contribution in [-0.4, -0.2) is 44.4 Å². The molecule has 100 valence electrons. The summed E-state index contributed by atoms with van der Waals surface area (Å²) in [6.07, 6.45) is 2.39. The summed E-state index contributed by atoms with van der Waals surface area (Å²) in [5, 5.41) is 7.22. The Morgan fingerprint density at radius 1 is 1.28 bits per heavy atom. The van der Waals surface area contributed by atoms with Gasteiger partial charge in [-0.05, 0) is 12.5 Å². The molecule has 0 radical (unpaired) electrons. The average Bonchev–Trinajstić information content (AvgIpc) is 2.38. The Morgan fingerprint density at radius 3 is 2.72 bits per heavy atom. The van der Waals surface area contributed by atoms with Crippen molar-refractivity contribution in [3.8, 4) is 5.88 Å². The lowest BCUT2D eigenvalue weighted by Gasteiger charge is -2.06. The molecule has 0 saturated heterocycles. The number of ether oxygens (including phenoxy) is 3. The third kappa shape index (κ3) is 5.60. The molecule has 0 bridgehead atoms. The molecule has 0 aliphatic carbocycles. The van der Waals surface area contributed by atoms with Gasteiger partial charge in [0.25, 0.3) is 0 Å². The Balaban J connectivity index is 2.14. The third-order valence-electron chi connectivity index (χ3n) is 2.16. The zero-order chi connectivity index (χ0) is 13.2. The van der Waals surface area contributed by atoms with E-state index in [1.807, 2.05) is 0 Å². The normalized spacial score (nSPS) is 10.3. The van der Waals surface area contributed by atoms with E-state index in [1.54, 1.807) is 19.2 Å². The number of methoxy groups -OCH3 is 1. The van der Waals surface area contributed by atoms with Crippen LogP contribution >= 0.6 is 0 Å². The molecule has 1 aromatic heterocycles. The van der Waals surface area contributed by atoms with E-state index in [-0.39, 0.29) is 5.84 Å². The van der Waals surface area contributed by atoms with Crippen LogP contribution in [0.4, 0.5) is 0 Å². The SMILES string of the molecule is COCCCOCCOc1ccc(C(=N)N)cn1. The predicted molar refractivity (Wildman–Crippen MR) is 68.1 cm³/mol. The summed E-state index contributed by atoms with van der Waals surface area (Å²) in [6.45, 7) is 2.32. The maximum absolute atomic E-state index is 7.22. The fourth-order valence-corrected chi connectivity index (χ4v) is 1.24. The third-order valence-corrected chi connectivity index (χ3v) is 2.16. The number of nitrogens with one attached hydrogen (secondary N) is 1. The van der Waals surface area contributed by atoms with Gasteiger partial charge >= 0.3 is 0 Å². The molecule has 0 saturated carbocycles. The van der Waals surface area contributed by atoms with Gasteiger partial charge in [0, 0.05) is 38.2 Å². The summed E-state index contributed by atoms with van der Waals surface area (Å²) in [6, 6.07) is 3.38. The monoisotopic (exact) mass is 253 g/mol. The van der Waals surface area contributed by atoms with Crippen LogP contribution in [0.5, 0.6) is 5.88 Å². The van der Waals surface area contributed by atoms with Crippen molar-refractivity contribution in [2.24, 2.45) is 5.73 Å². The van der Waals surface area contributed by atoms with Gasteiger partial charge in [0.05, 0.1) is 6.61 Å². The van der Waals surface area contributed by atoms with E-state index in [1.165, 1.54) is 6.20 Å². The lowest BCUT2D eigenvalue weighted by atomic mass is 10.3. The predicted octanol–water partition coefficient (Wildman–Crippen LogP) is 0.798. The molecule has 1 rings (SSSR count). The molecule has 0 atom stereocenters. The number of hydrogen-bond acceptors (Lipinski definition) is 5. The molecule has 3 N–H and O–H groups in total. The summed E-state index contributed by atoms with van der Waals surface area (Å²) in [5.74, 6) is 0.496. The first kappa shape index (κ1) is 14.4. The van der Waals surface area contributed by atoms with Crippen LogP contribution in [0.2, 0.25) is 0 Å². The van der Waals surface area contributed by atoms with Gasteiger partial charge in [-0.1, -0.05) is 0 Å². The average molecular weight is 253 g/mol. The molecule has 0 amide bonds. The highest BCUT2D eigenvalue weighted by Gasteiger charge is 1.99. The summed E-state index contributed by atoms with van der Waals surface area (Å²) in [4.78, 5) is 4.03. The second-order valence-electron chi connectivity index (χ2n) is 3.61. The molecule has 0 spiro atoms. The molecule has 0 aliphatic heterocycles. The summed E-state index contributed by atoms with van der Waals surface area (Å²) in [5.41, 5.74) is 5.90. The number of aromatic nitrogens is 1. The second kappa shape index (κ2) is 8.43. The van der Waals surface area contributed by atoms with Gasteiger partial charge in [0.15, 0.2) is 0 Å². The maximum atomic E-state index is 7.22. The molecule has 6 heteroatoms. The molecule has 1 aromatic rings. The first-order chi connectivity index (χ1) is 8.74. The molecule has 0 fully saturated rings. The zero-order valence-corrected chi connectivity index (χ0v) is 10.5. The largest absolute Gasteiger partial charge is 0.475 e. The van der Waals surface area contributed by atoms with Crippen molar-refractivity contribution in [1.82, 2.24) is 4.98 Å². The Kier molecular flexibility index (Phi) is 6.75. The molecule has 1 heterocycles. The fraction of sp³-hybridized carbons (Fsp3) is 0.500. The zero-order valence-electron chi connectivity index (χ0n) is 10.5. The van der Waals surface area contributed by atoms with Crippen LogP contribution in [0, 0.1) is 5.41 Å². The van der Waals surface area contributed by atoms with Crippen molar-refractivity contribution in [3.05, 3.63) is 23.9 Å². The number of nitrogens with zero attached hydrogens (tertiary/aromatic N) is 1. The smallest absolute Gasteiger partial charge is 0.213 e. The Morgan fingerprint density at radius 2 is 2.11 bits per heavy atom. The lowest BCUT2D eigenvalue weighted by Crippen LogP contribution is -2.12. The van der Waals surface area contributed by atoms with Crippen molar-refractivity contribution in [3.63, 3.8) is 0 Å². The van der Waals surface area contributed by atoms with Crippen molar-refractivity contribution < 1.29 is 14.2 Å². The summed E-state index contributed by atoms with van der Waals surface area (Å²) >= 11 is 0. The minimum Gasteiger partial charge on any atom is -0.475 e. The van der Waals surface area contributed by atoms with Crippen LogP contribution in [-0.2, 0) is 9.47 Å². The molecule has 18 heavy (non-hydrogen) atoms. The van der Waals surface area contributed by atoms with E-state index in [9.17, 15) is 0 Å². The van der Waals surface area contributed by atoms with E-state index in [0.29, 0.717) is 37.9 Å². The first-order valence-corrected chi connectivity index (χ1v) is 5.74. The molecule has 6 nitrogen and oxygen atoms in total. The van der Waals surface area contributed by atoms with Crippen LogP contribution in [0.25, 0.3) is 0 Å². The highest BCUT2D eigenvalue weighted by molar-refractivity contribution is 5.94. The van der Waals surface area contributed by atoms with Crippen LogP contribution in [0.1, 0.15) is 12.0 Å². The fourth-order valence-electron chi connectivity index (χ4n) is 1.24. The van der Waals surface area contributed by atoms with Crippen molar-refractivity contribution in [2.45, 2.75) is 6.42 Å². The molecular formula is C12H19N3O3. The van der Waals surface area contributed by atoms with Gasteiger partial charge in [0.2, 0.25) is 5.88 Å². The van der Waals surface area contributed by atoms with E-state index in [4.69, 9.17) is 25.4 Å². The molecule has 0 aromatic carbocycles. The van der Waals surface area contributed by atoms with E-state index < -0.39 is 0 Å². The lowest BCUT2D eigenvalue weighted by molar-refractivity contribution is 0.0795. The number of hydrogen-bond donors (Lipinski definition) is 2. The van der Waals surface area contributed by atoms with Crippen molar-refractivity contribution >= 4 is 5.84 Å². The second-order valence-corrected chi connectivity index (χ2v) is 3.61. The van der Waals surface area contributed by atoms with Crippen LogP contribution in [0.15, 0.2) is 18.3 Å². The number of nitrogens with two attached hydrogens (primary N) is 1. The van der Waals surface area contributed by atoms with Gasteiger partial charge < -0.3 is 19.9 Å².